The minimum Gasteiger partial charge on any atom is -0.426 e. The first-order valence-electron chi connectivity index (χ1n) is 10.6. The number of carbonyl (C=O) groups is 2. The zero-order chi connectivity index (χ0) is 23.3. The number of esters is 2. The second-order valence-corrected chi connectivity index (χ2v) is 9.66. The summed E-state index contributed by atoms with van der Waals surface area (Å²) in [5.41, 5.74) is 2.73. The van der Waals surface area contributed by atoms with Gasteiger partial charge in [-0.25, -0.2) is 0 Å². The smallest absolute Gasteiger partial charge is 0.308 e. The van der Waals surface area contributed by atoms with E-state index in [9.17, 15) is 18.0 Å². The molecule has 0 heterocycles. The zero-order valence-corrected chi connectivity index (χ0v) is 19.4. The lowest BCUT2D eigenvalue weighted by atomic mass is 9.81. The first-order chi connectivity index (χ1) is 15.2. The van der Waals surface area contributed by atoms with Crippen LogP contribution in [0.3, 0.4) is 0 Å². The van der Waals surface area contributed by atoms with E-state index in [1.807, 2.05) is 6.92 Å². The molecule has 0 N–H and O–H groups in total. The molecule has 32 heavy (non-hydrogen) atoms. The van der Waals surface area contributed by atoms with Crippen molar-refractivity contribution in [2.24, 2.45) is 5.92 Å². The fourth-order valence-corrected chi connectivity index (χ4v) is 4.89. The summed E-state index contributed by atoms with van der Waals surface area (Å²) in [6.45, 7) is 4.69. The predicted octanol–water partition coefficient (Wildman–Crippen LogP) is 4.14. The highest BCUT2D eigenvalue weighted by atomic mass is 32.2. The van der Waals surface area contributed by atoms with E-state index in [4.69, 9.17) is 13.7 Å². The number of aryl methyl sites for hydroxylation is 1. The lowest BCUT2D eigenvalue weighted by molar-refractivity contribution is -0.133. The standard InChI is InChI=1S/C24H28O7S/c1-16-6-9-20(10-7-16)32(27,28)29-14-4-5-19-8-11-21-22(15-19)24(31-18(3)26)13-12-23(21)30-17(2)25/h6-7,9-10,12-13,19H,4-5,8,11,14-15H2,1-3H3. The van der Waals surface area contributed by atoms with E-state index >= 15 is 0 Å². The third kappa shape index (κ3) is 6.17. The lowest BCUT2D eigenvalue weighted by Gasteiger charge is -2.27. The summed E-state index contributed by atoms with van der Waals surface area (Å²) >= 11 is 0. The first kappa shape index (κ1) is 23.9. The van der Waals surface area contributed by atoms with E-state index in [1.165, 1.54) is 13.8 Å². The Morgan fingerprint density at radius 3 is 2.12 bits per heavy atom. The van der Waals surface area contributed by atoms with Crippen molar-refractivity contribution in [2.75, 3.05) is 6.61 Å². The van der Waals surface area contributed by atoms with Crippen LogP contribution < -0.4 is 9.47 Å². The number of rotatable bonds is 8. The summed E-state index contributed by atoms with van der Waals surface area (Å²) in [6, 6.07) is 9.86. The van der Waals surface area contributed by atoms with Crippen LogP contribution in [0.4, 0.5) is 0 Å². The molecule has 0 aliphatic heterocycles. The molecule has 1 unspecified atom stereocenters. The summed E-state index contributed by atoms with van der Waals surface area (Å²) in [5.74, 6) is 0.432. The molecule has 1 aliphatic rings. The molecular weight excluding hydrogens is 432 g/mol. The van der Waals surface area contributed by atoms with E-state index in [-0.39, 0.29) is 17.4 Å². The lowest BCUT2D eigenvalue weighted by Crippen LogP contribution is -2.19. The molecule has 0 saturated carbocycles. The third-order valence-electron chi connectivity index (χ3n) is 5.45. The van der Waals surface area contributed by atoms with E-state index in [1.54, 1.807) is 36.4 Å². The number of fused-ring (bicyclic) bond motifs is 1. The number of ether oxygens (including phenoxy) is 2. The van der Waals surface area contributed by atoms with Crippen LogP contribution in [0.25, 0.3) is 0 Å². The summed E-state index contributed by atoms with van der Waals surface area (Å²) in [4.78, 5) is 23.1. The van der Waals surface area contributed by atoms with Crippen molar-refractivity contribution in [3.05, 3.63) is 53.1 Å². The van der Waals surface area contributed by atoms with Gasteiger partial charge < -0.3 is 9.47 Å². The molecule has 172 valence electrons. The fourth-order valence-electron chi connectivity index (χ4n) is 3.95. The quantitative estimate of drug-likeness (QED) is 0.253. The molecule has 0 fully saturated rings. The minimum atomic E-state index is -3.77. The van der Waals surface area contributed by atoms with Crippen molar-refractivity contribution in [3.8, 4) is 11.5 Å². The highest BCUT2D eigenvalue weighted by Crippen LogP contribution is 2.39. The van der Waals surface area contributed by atoms with Gasteiger partial charge in [-0.2, -0.15) is 8.42 Å². The van der Waals surface area contributed by atoms with Gasteiger partial charge in [-0.05, 0) is 69.2 Å². The van der Waals surface area contributed by atoms with Crippen molar-refractivity contribution in [3.63, 3.8) is 0 Å². The van der Waals surface area contributed by atoms with Gasteiger partial charge in [0.2, 0.25) is 0 Å². The van der Waals surface area contributed by atoms with Gasteiger partial charge in [0, 0.05) is 25.0 Å². The second kappa shape index (κ2) is 10.3. The van der Waals surface area contributed by atoms with E-state index in [2.05, 4.69) is 0 Å². The van der Waals surface area contributed by atoms with Gasteiger partial charge in [0.1, 0.15) is 11.5 Å². The maximum Gasteiger partial charge on any atom is 0.308 e. The van der Waals surface area contributed by atoms with Crippen LogP contribution in [-0.4, -0.2) is 27.0 Å². The van der Waals surface area contributed by atoms with Crippen molar-refractivity contribution in [1.29, 1.82) is 0 Å². The van der Waals surface area contributed by atoms with Gasteiger partial charge >= 0.3 is 11.9 Å². The Morgan fingerprint density at radius 1 is 0.938 bits per heavy atom. The number of hydrogen-bond acceptors (Lipinski definition) is 7. The van der Waals surface area contributed by atoms with Gasteiger partial charge in [0.25, 0.3) is 10.1 Å². The van der Waals surface area contributed by atoms with Crippen LogP contribution in [0.1, 0.15) is 49.8 Å². The molecule has 2 aromatic rings. The van der Waals surface area contributed by atoms with Crippen molar-refractivity contribution in [2.45, 2.75) is 57.8 Å². The van der Waals surface area contributed by atoms with Crippen LogP contribution >= 0.6 is 0 Å². The molecule has 2 aromatic carbocycles. The van der Waals surface area contributed by atoms with Gasteiger partial charge in [-0.1, -0.05) is 17.7 Å². The molecule has 0 bridgehead atoms. The third-order valence-corrected chi connectivity index (χ3v) is 6.78. The molecule has 0 aromatic heterocycles. The summed E-state index contributed by atoms with van der Waals surface area (Å²) in [6.07, 6.45) is 3.53. The summed E-state index contributed by atoms with van der Waals surface area (Å²) < 4.78 is 40.5. The largest absolute Gasteiger partial charge is 0.426 e. The number of benzene rings is 2. The van der Waals surface area contributed by atoms with Gasteiger partial charge in [0.15, 0.2) is 0 Å². The Bertz CT molecular complexity index is 1090. The van der Waals surface area contributed by atoms with Crippen LogP contribution in [0.2, 0.25) is 0 Å². The average molecular weight is 461 g/mol. The normalized spacial score (nSPS) is 15.7. The van der Waals surface area contributed by atoms with Crippen LogP contribution in [0.5, 0.6) is 11.5 Å². The Morgan fingerprint density at radius 2 is 1.53 bits per heavy atom. The molecule has 7 nitrogen and oxygen atoms in total. The highest BCUT2D eigenvalue weighted by Gasteiger charge is 2.26. The maximum absolute atomic E-state index is 12.3. The molecule has 3 rings (SSSR count). The first-order valence-corrected chi connectivity index (χ1v) is 12.0. The van der Waals surface area contributed by atoms with Crippen molar-refractivity contribution >= 4 is 22.1 Å². The predicted molar refractivity (Wildman–Crippen MR) is 118 cm³/mol. The monoisotopic (exact) mass is 460 g/mol. The van der Waals surface area contributed by atoms with Crippen LogP contribution in [0, 0.1) is 12.8 Å². The fraction of sp³-hybridized carbons (Fsp3) is 0.417. The average Bonchev–Trinajstić information content (AvgIpc) is 2.72. The Kier molecular flexibility index (Phi) is 7.69. The molecular formula is C24H28O7S. The summed E-state index contributed by atoms with van der Waals surface area (Å²) in [7, 11) is -3.77. The van der Waals surface area contributed by atoms with Gasteiger partial charge in [-0.15, -0.1) is 0 Å². The Balaban J connectivity index is 1.62. The molecule has 0 saturated heterocycles. The van der Waals surface area contributed by atoms with E-state index in [0.29, 0.717) is 30.8 Å². The molecule has 0 spiro atoms. The van der Waals surface area contributed by atoms with E-state index < -0.39 is 22.1 Å². The minimum absolute atomic E-state index is 0.101. The molecule has 0 radical (unpaired) electrons. The Labute approximate surface area is 188 Å². The summed E-state index contributed by atoms with van der Waals surface area (Å²) in [5, 5.41) is 0. The second-order valence-electron chi connectivity index (χ2n) is 8.05. The highest BCUT2D eigenvalue weighted by molar-refractivity contribution is 7.86. The molecule has 8 heteroatoms. The number of carbonyl (C=O) groups excluding carboxylic acids is 2. The van der Waals surface area contributed by atoms with Crippen molar-refractivity contribution in [1.82, 2.24) is 0 Å². The Hall–Kier alpha value is -2.71. The molecule has 1 atom stereocenters. The SMILES string of the molecule is CC(=O)Oc1ccc(OC(C)=O)c2c1CCC(CCCOS(=O)(=O)c1ccc(C)cc1)C2. The van der Waals surface area contributed by atoms with Crippen LogP contribution in [-0.2, 0) is 36.7 Å². The maximum atomic E-state index is 12.3. The molecule has 1 aliphatic carbocycles. The van der Waals surface area contributed by atoms with E-state index in [0.717, 1.165) is 29.5 Å². The number of hydrogen-bond donors (Lipinski definition) is 0. The van der Waals surface area contributed by atoms with Gasteiger partial charge in [-0.3, -0.25) is 13.8 Å². The topological polar surface area (TPSA) is 96.0 Å². The van der Waals surface area contributed by atoms with Crippen LogP contribution in [0.15, 0.2) is 41.3 Å². The van der Waals surface area contributed by atoms with Crippen molar-refractivity contribution < 1.29 is 31.7 Å². The van der Waals surface area contributed by atoms with Gasteiger partial charge in [0.05, 0.1) is 11.5 Å². The molecule has 0 amide bonds. The zero-order valence-electron chi connectivity index (χ0n) is 18.6.